The molecule has 0 aliphatic carbocycles. The largest absolute Gasteiger partial charge is 0.377 e. The van der Waals surface area contributed by atoms with Gasteiger partial charge in [-0.25, -0.2) is 4.98 Å². The van der Waals surface area contributed by atoms with Crippen LogP contribution >= 0.6 is 11.3 Å². The number of fused-ring (bicyclic) bond motifs is 1. The van der Waals surface area contributed by atoms with Gasteiger partial charge in [-0.1, -0.05) is 18.3 Å². The molecular formula is C18H21N5O2S. The van der Waals surface area contributed by atoms with Crippen molar-refractivity contribution in [2.45, 2.75) is 26.3 Å². The summed E-state index contributed by atoms with van der Waals surface area (Å²) in [5.41, 5.74) is 2.75. The molecule has 8 heteroatoms. The second-order valence-corrected chi connectivity index (χ2v) is 7.29. The number of nitrogens with zero attached hydrogens (tertiary/aromatic N) is 4. The molecule has 3 aromatic rings. The summed E-state index contributed by atoms with van der Waals surface area (Å²) in [6, 6.07) is 10.1. The van der Waals surface area contributed by atoms with Crippen LogP contribution in [0.25, 0.3) is 4.96 Å². The van der Waals surface area contributed by atoms with Crippen LogP contribution in [0, 0.1) is 0 Å². The molecule has 1 aromatic carbocycles. The highest BCUT2D eigenvalue weighted by atomic mass is 32.1. The van der Waals surface area contributed by atoms with E-state index in [9.17, 15) is 4.79 Å². The maximum absolute atomic E-state index is 12.1. The molecule has 0 bridgehead atoms. The van der Waals surface area contributed by atoms with Crippen LogP contribution in [0.4, 0.5) is 16.5 Å². The first-order valence-electron chi connectivity index (χ1n) is 8.75. The number of anilines is 3. The van der Waals surface area contributed by atoms with Gasteiger partial charge in [0, 0.05) is 35.7 Å². The SMILES string of the molecule is CCc1cc(=O)n2nc(Nc3ccc(N4CCOCC4C)cc3)sc2n1. The van der Waals surface area contributed by atoms with Crippen molar-refractivity contribution < 1.29 is 4.74 Å². The Hall–Kier alpha value is -2.45. The van der Waals surface area contributed by atoms with Gasteiger partial charge in [-0.15, -0.1) is 5.10 Å². The molecule has 1 unspecified atom stereocenters. The maximum atomic E-state index is 12.1. The summed E-state index contributed by atoms with van der Waals surface area (Å²) in [6.45, 7) is 6.57. The van der Waals surface area contributed by atoms with Crippen molar-refractivity contribution in [2.75, 3.05) is 30.0 Å². The van der Waals surface area contributed by atoms with Gasteiger partial charge < -0.3 is 15.0 Å². The Morgan fingerprint density at radius 2 is 2.15 bits per heavy atom. The van der Waals surface area contributed by atoms with Gasteiger partial charge in [0.25, 0.3) is 5.56 Å². The summed E-state index contributed by atoms with van der Waals surface area (Å²) in [5, 5.41) is 8.24. The summed E-state index contributed by atoms with van der Waals surface area (Å²) in [5.74, 6) is 0. The number of aryl methyl sites for hydroxylation is 1. The normalized spacial score (nSPS) is 17.6. The first-order valence-corrected chi connectivity index (χ1v) is 9.57. The topological polar surface area (TPSA) is 71.8 Å². The maximum Gasteiger partial charge on any atom is 0.275 e. The molecule has 4 rings (SSSR count). The van der Waals surface area contributed by atoms with Crippen molar-refractivity contribution >= 4 is 32.8 Å². The average molecular weight is 371 g/mol. The minimum absolute atomic E-state index is 0.146. The number of rotatable bonds is 4. The van der Waals surface area contributed by atoms with E-state index in [4.69, 9.17) is 4.74 Å². The van der Waals surface area contributed by atoms with Crippen molar-refractivity contribution in [1.82, 2.24) is 14.6 Å². The number of hydrogen-bond acceptors (Lipinski definition) is 7. The van der Waals surface area contributed by atoms with E-state index in [1.165, 1.54) is 27.6 Å². The standard InChI is InChI=1S/C18H21N5O2S/c1-3-13-10-16(24)23-18(20-13)26-17(21-23)19-14-4-6-15(7-5-14)22-8-9-25-11-12(22)2/h4-7,10,12H,3,8-9,11H2,1-2H3,(H,19,21). The highest BCUT2D eigenvalue weighted by Gasteiger charge is 2.18. The van der Waals surface area contributed by atoms with Crippen LogP contribution in [0.2, 0.25) is 0 Å². The second kappa shape index (κ2) is 7.05. The van der Waals surface area contributed by atoms with E-state index in [0.717, 1.165) is 37.6 Å². The van der Waals surface area contributed by atoms with Gasteiger partial charge in [-0.3, -0.25) is 4.79 Å². The Bertz CT molecular complexity index is 966. The molecule has 0 amide bonds. The fraction of sp³-hybridized carbons (Fsp3) is 0.389. The first kappa shape index (κ1) is 17.0. The van der Waals surface area contributed by atoms with Crippen molar-refractivity contribution in [3.8, 4) is 0 Å². The fourth-order valence-electron chi connectivity index (χ4n) is 3.06. The third kappa shape index (κ3) is 3.30. The highest BCUT2D eigenvalue weighted by Crippen LogP contribution is 2.25. The van der Waals surface area contributed by atoms with Crippen LogP contribution in [-0.2, 0) is 11.2 Å². The van der Waals surface area contributed by atoms with Gasteiger partial charge in [0.15, 0.2) is 0 Å². The third-order valence-electron chi connectivity index (χ3n) is 4.48. The Morgan fingerprint density at radius 1 is 1.35 bits per heavy atom. The lowest BCUT2D eigenvalue weighted by atomic mass is 10.2. The molecular weight excluding hydrogens is 350 g/mol. The van der Waals surface area contributed by atoms with Gasteiger partial charge in [-0.2, -0.15) is 4.52 Å². The van der Waals surface area contributed by atoms with Crippen molar-refractivity contribution in [2.24, 2.45) is 0 Å². The van der Waals surface area contributed by atoms with Crippen LogP contribution in [0.3, 0.4) is 0 Å². The van der Waals surface area contributed by atoms with E-state index < -0.39 is 0 Å². The van der Waals surface area contributed by atoms with Gasteiger partial charge in [-0.05, 0) is 37.6 Å². The molecule has 1 N–H and O–H groups in total. The van der Waals surface area contributed by atoms with Gasteiger partial charge in [0.2, 0.25) is 10.1 Å². The van der Waals surface area contributed by atoms with Crippen molar-refractivity contribution in [1.29, 1.82) is 0 Å². The molecule has 1 fully saturated rings. The number of morpholine rings is 1. The zero-order chi connectivity index (χ0) is 18.1. The Kier molecular flexibility index (Phi) is 4.60. The molecule has 26 heavy (non-hydrogen) atoms. The molecule has 1 aliphatic heterocycles. The first-order chi connectivity index (χ1) is 12.6. The highest BCUT2D eigenvalue weighted by molar-refractivity contribution is 7.20. The van der Waals surface area contributed by atoms with E-state index in [1.807, 2.05) is 19.1 Å². The summed E-state index contributed by atoms with van der Waals surface area (Å²) >= 11 is 1.37. The van der Waals surface area contributed by atoms with Crippen LogP contribution in [0.1, 0.15) is 19.5 Å². The summed E-state index contributed by atoms with van der Waals surface area (Å²) in [4.78, 5) is 19.5. The van der Waals surface area contributed by atoms with E-state index >= 15 is 0 Å². The van der Waals surface area contributed by atoms with Gasteiger partial charge >= 0.3 is 0 Å². The monoisotopic (exact) mass is 371 g/mol. The number of aromatic nitrogens is 3. The molecule has 1 saturated heterocycles. The van der Waals surface area contributed by atoms with Gasteiger partial charge in [0.05, 0.1) is 13.2 Å². The van der Waals surface area contributed by atoms with Crippen molar-refractivity contribution in [3.05, 3.63) is 46.4 Å². The molecule has 7 nitrogen and oxygen atoms in total. The minimum Gasteiger partial charge on any atom is -0.377 e. The number of hydrogen-bond donors (Lipinski definition) is 1. The fourth-order valence-corrected chi connectivity index (χ4v) is 3.90. The predicted molar refractivity (Wildman–Crippen MR) is 104 cm³/mol. The number of ether oxygens (including phenoxy) is 1. The smallest absolute Gasteiger partial charge is 0.275 e. The summed E-state index contributed by atoms with van der Waals surface area (Å²) < 4.78 is 6.84. The Morgan fingerprint density at radius 3 is 2.88 bits per heavy atom. The van der Waals surface area contributed by atoms with Crippen molar-refractivity contribution in [3.63, 3.8) is 0 Å². The average Bonchev–Trinajstić information content (AvgIpc) is 3.06. The third-order valence-corrected chi connectivity index (χ3v) is 5.30. The summed E-state index contributed by atoms with van der Waals surface area (Å²) in [6.07, 6.45) is 0.730. The van der Waals surface area contributed by atoms with Crippen LogP contribution in [0.5, 0.6) is 0 Å². The number of benzene rings is 1. The molecule has 0 radical (unpaired) electrons. The predicted octanol–water partition coefficient (Wildman–Crippen LogP) is 2.68. The molecule has 1 aliphatic rings. The minimum atomic E-state index is -0.146. The Balaban J connectivity index is 1.55. The lowest BCUT2D eigenvalue weighted by molar-refractivity contribution is 0.0989. The van der Waals surface area contributed by atoms with E-state index in [1.54, 1.807) is 0 Å². The number of nitrogens with one attached hydrogen (secondary N) is 1. The molecule has 136 valence electrons. The van der Waals surface area contributed by atoms with E-state index in [0.29, 0.717) is 16.1 Å². The molecule has 2 aromatic heterocycles. The van der Waals surface area contributed by atoms with E-state index in [-0.39, 0.29) is 5.56 Å². The van der Waals surface area contributed by atoms with Crippen LogP contribution < -0.4 is 15.8 Å². The molecule has 0 spiro atoms. The van der Waals surface area contributed by atoms with E-state index in [2.05, 4.69) is 39.4 Å². The zero-order valence-corrected chi connectivity index (χ0v) is 15.6. The lowest BCUT2D eigenvalue weighted by Crippen LogP contribution is -2.43. The Labute approximate surface area is 155 Å². The second-order valence-electron chi connectivity index (χ2n) is 6.33. The molecule has 3 heterocycles. The zero-order valence-electron chi connectivity index (χ0n) is 14.8. The summed E-state index contributed by atoms with van der Waals surface area (Å²) in [7, 11) is 0. The van der Waals surface area contributed by atoms with Crippen LogP contribution in [0.15, 0.2) is 35.1 Å². The lowest BCUT2D eigenvalue weighted by Gasteiger charge is -2.35. The molecule has 1 atom stereocenters. The quantitative estimate of drug-likeness (QED) is 0.760. The molecule has 0 saturated carbocycles. The van der Waals surface area contributed by atoms with Gasteiger partial charge in [0.1, 0.15) is 0 Å². The van der Waals surface area contributed by atoms with Crippen LogP contribution in [-0.4, -0.2) is 40.4 Å².